The van der Waals surface area contributed by atoms with Gasteiger partial charge in [-0.3, -0.25) is 4.90 Å². The van der Waals surface area contributed by atoms with Crippen molar-refractivity contribution < 1.29 is 0 Å². The van der Waals surface area contributed by atoms with Gasteiger partial charge in [0.05, 0.1) is 0 Å². The Balaban J connectivity index is 1.52. The summed E-state index contributed by atoms with van der Waals surface area (Å²) in [6, 6.07) is 6.43. The number of H-pyrrole nitrogens is 1. The van der Waals surface area contributed by atoms with Gasteiger partial charge < -0.3 is 0 Å². The number of hydrogen-bond acceptors (Lipinski definition) is 4. The molecule has 0 saturated heterocycles. The van der Waals surface area contributed by atoms with Crippen LogP contribution in [0.15, 0.2) is 18.2 Å². The number of benzene rings is 1. The molecule has 1 aromatic heterocycles. The molecule has 2 aliphatic rings. The Hall–Kier alpha value is -1.75. The van der Waals surface area contributed by atoms with Crippen molar-refractivity contribution in [3.63, 3.8) is 0 Å². The van der Waals surface area contributed by atoms with E-state index in [4.69, 9.17) is 0 Å². The van der Waals surface area contributed by atoms with Gasteiger partial charge in [0.1, 0.15) is 0 Å². The Morgan fingerprint density at radius 2 is 2.24 bits per heavy atom. The summed E-state index contributed by atoms with van der Waals surface area (Å²) in [5.41, 5.74) is 3.91. The van der Waals surface area contributed by atoms with Crippen LogP contribution < -0.4 is 0 Å². The van der Waals surface area contributed by atoms with Gasteiger partial charge in [-0.2, -0.15) is 5.21 Å². The molecule has 110 valence electrons. The standard InChI is InChI=1S/C16H21N5/c1-11(12-4-2-5-12)8-21-9-13-6-3-7-14(15(13)10-21)16-17-19-20-18-16/h3,6-7,11-12H,2,4-5,8-10H2,1H3,(H,17,18,19,20). The Morgan fingerprint density at radius 3 is 2.95 bits per heavy atom. The van der Waals surface area contributed by atoms with Crippen LogP contribution >= 0.6 is 0 Å². The fourth-order valence-electron chi connectivity index (χ4n) is 3.67. The quantitative estimate of drug-likeness (QED) is 0.937. The van der Waals surface area contributed by atoms with Crippen LogP contribution in [0.4, 0.5) is 0 Å². The number of aromatic amines is 1. The number of nitrogens with zero attached hydrogens (tertiary/aromatic N) is 4. The predicted molar refractivity (Wildman–Crippen MR) is 80.2 cm³/mol. The highest BCUT2D eigenvalue weighted by molar-refractivity contribution is 5.62. The SMILES string of the molecule is CC(CN1Cc2cccc(-c3nn[nH]n3)c2C1)C1CCC1. The molecule has 0 spiro atoms. The number of rotatable bonds is 4. The van der Waals surface area contributed by atoms with Gasteiger partial charge in [0.15, 0.2) is 0 Å². The molecule has 2 heterocycles. The van der Waals surface area contributed by atoms with E-state index in [0.717, 1.165) is 30.5 Å². The minimum absolute atomic E-state index is 0.709. The molecule has 4 rings (SSSR count). The zero-order valence-electron chi connectivity index (χ0n) is 12.4. The monoisotopic (exact) mass is 283 g/mol. The van der Waals surface area contributed by atoms with Crippen molar-refractivity contribution in [1.29, 1.82) is 0 Å². The lowest BCUT2D eigenvalue weighted by atomic mass is 9.76. The van der Waals surface area contributed by atoms with Gasteiger partial charge in [-0.1, -0.05) is 44.4 Å². The third-order valence-electron chi connectivity index (χ3n) is 5.14. The first-order valence-corrected chi connectivity index (χ1v) is 7.88. The van der Waals surface area contributed by atoms with Crippen molar-refractivity contribution in [2.75, 3.05) is 6.54 Å². The number of hydrogen-bond donors (Lipinski definition) is 1. The van der Waals surface area contributed by atoms with E-state index in [-0.39, 0.29) is 0 Å². The summed E-state index contributed by atoms with van der Waals surface area (Å²) < 4.78 is 0. The minimum atomic E-state index is 0.709. The molecule has 2 aromatic rings. The van der Waals surface area contributed by atoms with Crippen molar-refractivity contribution in [1.82, 2.24) is 25.5 Å². The van der Waals surface area contributed by atoms with E-state index in [2.05, 4.69) is 50.6 Å². The topological polar surface area (TPSA) is 57.7 Å². The molecule has 1 unspecified atom stereocenters. The number of tetrazole rings is 1. The van der Waals surface area contributed by atoms with Crippen molar-refractivity contribution in [3.8, 4) is 11.4 Å². The Morgan fingerprint density at radius 1 is 1.33 bits per heavy atom. The fourth-order valence-corrected chi connectivity index (χ4v) is 3.67. The summed E-state index contributed by atoms with van der Waals surface area (Å²) in [5.74, 6) is 2.47. The second-order valence-corrected chi connectivity index (χ2v) is 6.52. The molecular formula is C16H21N5. The van der Waals surface area contributed by atoms with Crippen molar-refractivity contribution in [2.45, 2.75) is 39.3 Å². The summed E-state index contributed by atoms with van der Waals surface area (Å²) in [6.07, 6.45) is 4.28. The molecule has 1 atom stereocenters. The smallest absolute Gasteiger partial charge is 0.204 e. The second-order valence-electron chi connectivity index (χ2n) is 6.52. The first-order valence-electron chi connectivity index (χ1n) is 7.88. The fraction of sp³-hybridized carbons (Fsp3) is 0.562. The number of fused-ring (bicyclic) bond motifs is 1. The van der Waals surface area contributed by atoms with Crippen LogP contribution in [0.2, 0.25) is 0 Å². The van der Waals surface area contributed by atoms with E-state index in [1.54, 1.807) is 0 Å². The molecule has 1 N–H and O–H groups in total. The van der Waals surface area contributed by atoms with Crippen LogP contribution in [0.25, 0.3) is 11.4 Å². The maximum atomic E-state index is 4.13. The molecule has 0 radical (unpaired) electrons. The lowest BCUT2D eigenvalue weighted by Crippen LogP contribution is -2.30. The molecule has 5 heteroatoms. The Bertz CT molecular complexity index is 618. The van der Waals surface area contributed by atoms with Crippen LogP contribution in [0.1, 0.15) is 37.3 Å². The highest BCUT2D eigenvalue weighted by Gasteiger charge is 2.29. The summed E-state index contributed by atoms with van der Waals surface area (Å²) in [6.45, 7) is 5.67. The van der Waals surface area contributed by atoms with Crippen LogP contribution in [-0.4, -0.2) is 32.1 Å². The van der Waals surface area contributed by atoms with E-state index < -0.39 is 0 Å². The molecule has 5 nitrogen and oxygen atoms in total. The molecule has 1 fully saturated rings. The second kappa shape index (κ2) is 5.22. The highest BCUT2D eigenvalue weighted by Crippen LogP contribution is 2.36. The van der Waals surface area contributed by atoms with Gasteiger partial charge in [-0.05, 0) is 28.2 Å². The molecule has 0 bridgehead atoms. The van der Waals surface area contributed by atoms with Crippen molar-refractivity contribution >= 4 is 0 Å². The van der Waals surface area contributed by atoms with E-state index in [1.165, 1.54) is 36.9 Å². The zero-order chi connectivity index (χ0) is 14.2. The largest absolute Gasteiger partial charge is 0.295 e. The Kier molecular flexibility index (Phi) is 3.22. The lowest BCUT2D eigenvalue weighted by Gasteiger charge is -2.33. The normalized spacial score (nSPS) is 20.2. The van der Waals surface area contributed by atoms with E-state index in [9.17, 15) is 0 Å². The number of nitrogens with one attached hydrogen (secondary N) is 1. The third kappa shape index (κ3) is 2.35. The van der Waals surface area contributed by atoms with Gasteiger partial charge in [0.25, 0.3) is 0 Å². The summed E-state index contributed by atoms with van der Waals surface area (Å²) >= 11 is 0. The van der Waals surface area contributed by atoms with Gasteiger partial charge in [0, 0.05) is 25.2 Å². The average Bonchev–Trinajstić information content (AvgIpc) is 3.04. The summed E-state index contributed by atoms with van der Waals surface area (Å²) in [7, 11) is 0. The van der Waals surface area contributed by atoms with Gasteiger partial charge in [-0.25, -0.2) is 0 Å². The number of aromatic nitrogens is 4. The van der Waals surface area contributed by atoms with Crippen LogP contribution in [0.5, 0.6) is 0 Å². The Labute approximate surface area is 124 Å². The first-order chi connectivity index (χ1) is 10.3. The molecule has 0 amide bonds. The van der Waals surface area contributed by atoms with E-state index in [1.807, 2.05) is 0 Å². The van der Waals surface area contributed by atoms with Gasteiger partial charge in [-0.15, -0.1) is 10.2 Å². The minimum Gasteiger partial charge on any atom is -0.295 e. The van der Waals surface area contributed by atoms with Crippen LogP contribution in [0.3, 0.4) is 0 Å². The molecule has 1 saturated carbocycles. The molecule has 21 heavy (non-hydrogen) atoms. The maximum Gasteiger partial charge on any atom is 0.204 e. The highest BCUT2D eigenvalue weighted by atomic mass is 15.5. The molecule has 1 aliphatic heterocycles. The van der Waals surface area contributed by atoms with Crippen molar-refractivity contribution in [2.24, 2.45) is 11.8 Å². The van der Waals surface area contributed by atoms with E-state index in [0.29, 0.717) is 5.82 Å². The van der Waals surface area contributed by atoms with Crippen LogP contribution in [-0.2, 0) is 13.1 Å². The lowest BCUT2D eigenvalue weighted by molar-refractivity contribution is 0.151. The maximum absolute atomic E-state index is 4.13. The molecular weight excluding hydrogens is 262 g/mol. The third-order valence-corrected chi connectivity index (χ3v) is 5.14. The van der Waals surface area contributed by atoms with E-state index >= 15 is 0 Å². The average molecular weight is 283 g/mol. The van der Waals surface area contributed by atoms with Crippen molar-refractivity contribution in [3.05, 3.63) is 29.3 Å². The molecule has 1 aromatic carbocycles. The zero-order valence-corrected chi connectivity index (χ0v) is 12.4. The van der Waals surface area contributed by atoms with Crippen LogP contribution in [0, 0.1) is 11.8 Å². The first kappa shape index (κ1) is 13.0. The molecule has 1 aliphatic carbocycles. The van der Waals surface area contributed by atoms with Gasteiger partial charge >= 0.3 is 0 Å². The summed E-state index contributed by atoms with van der Waals surface area (Å²) in [4.78, 5) is 2.57. The summed E-state index contributed by atoms with van der Waals surface area (Å²) in [5, 5.41) is 14.5. The van der Waals surface area contributed by atoms with Gasteiger partial charge in [0.2, 0.25) is 5.82 Å². The predicted octanol–water partition coefficient (Wildman–Crippen LogP) is 2.62.